The Bertz CT molecular complexity index is 1210. The smallest absolute Gasteiger partial charge is 0.416 e. The summed E-state index contributed by atoms with van der Waals surface area (Å²) in [7, 11) is 3.72. The van der Waals surface area contributed by atoms with Crippen LogP contribution >= 0.6 is 11.6 Å². The van der Waals surface area contributed by atoms with Crippen LogP contribution in [0, 0.1) is 0 Å². The third-order valence-electron chi connectivity index (χ3n) is 6.33. The molecule has 0 spiro atoms. The predicted octanol–water partition coefficient (Wildman–Crippen LogP) is 5.08. The molecule has 4 rings (SSSR count). The molecule has 39 heavy (non-hydrogen) atoms. The lowest BCUT2D eigenvalue weighted by Gasteiger charge is -2.41. The van der Waals surface area contributed by atoms with E-state index in [9.17, 15) is 22.8 Å². The van der Waals surface area contributed by atoms with Crippen molar-refractivity contribution in [1.29, 1.82) is 0 Å². The van der Waals surface area contributed by atoms with Gasteiger partial charge in [0, 0.05) is 55.7 Å². The first-order valence-corrected chi connectivity index (χ1v) is 12.5. The molecule has 3 N–H and O–H groups in total. The number of alkyl halides is 3. The number of nitrogens with zero attached hydrogens (tertiary/aromatic N) is 3. The van der Waals surface area contributed by atoms with Crippen molar-refractivity contribution in [3.8, 4) is 0 Å². The van der Waals surface area contributed by atoms with Crippen LogP contribution in [0.1, 0.15) is 30.4 Å². The molecule has 0 amide bonds. The molecule has 0 aromatic heterocycles. The van der Waals surface area contributed by atoms with Gasteiger partial charge in [0.05, 0.1) is 29.8 Å². The van der Waals surface area contributed by atoms with Gasteiger partial charge in [-0.2, -0.15) is 13.2 Å². The third-order valence-corrected chi connectivity index (χ3v) is 6.56. The van der Waals surface area contributed by atoms with E-state index < -0.39 is 23.7 Å². The fourth-order valence-corrected chi connectivity index (χ4v) is 4.36. The molecule has 0 unspecified atom stereocenters. The molecule has 2 heterocycles. The highest BCUT2D eigenvalue weighted by atomic mass is 35.5. The Morgan fingerprint density at radius 1 is 1.10 bits per heavy atom. The Morgan fingerprint density at radius 2 is 1.77 bits per heavy atom. The molecule has 2 aromatic carbocycles. The number of benzene rings is 2. The van der Waals surface area contributed by atoms with Crippen molar-refractivity contribution < 1.29 is 37.7 Å². The van der Waals surface area contributed by atoms with Crippen LogP contribution in [0.25, 0.3) is 0 Å². The van der Waals surface area contributed by atoms with Crippen LogP contribution in [0.5, 0.6) is 0 Å². The zero-order valence-corrected chi connectivity index (χ0v) is 22.2. The lowest BCUT2D eigenvalue weighted by Crippen LogP contribution is -2.53. The average Bonchev–Trinajstić information content (AvgIpc) is 3.03. The quantitative estimate of drug-likeness (QED) is 0.440. The summed E-state index contributed by atoms with van der Waals surface area (Å²) in [4.78, 5) is 28.4. The van der Waals surface area contributed by atoms with Gasteiger partial charge < -0.3 is 25.2 Å². The fourth-order valence-electron chi connectivity index (χ4n) is 4.20. The van der Waals surface area contributed by atoms with Crippen LogP contribution in [0.15, 0.2) is 41.4 Å². The summed E-state index contributed by atoms with van der Waals surface area (Å²) >= 11 is 6.18. The van der Waals surface area contributed by atoms with E-state index in [1.165, 1.54) is 12.1 Å². The number of fused-ring (bicyclic) bond motifs is 2. The molecule has 0 saturated carbocycles. The summed E-state index contributed by atoms with van der Waals surface area (Å²) in [6, 6.07) is 9.19. The van der Waals surface area contributed by atoms with Crippen molar-refractivity contribution in [3.63, 3.8) is 0 Å². The van der Waals surface area contributed by atoms with Crippen LogP contribution in [0.4, 0.5) is 30.2 Å². The van der Waals surface area contributed by atoms with Gasteiger partial charge in [0.15, 0.2) is 0 Å². The topological polar surface area (TPSA) is 115 Å². The molecule has 0 bridgehead atoms. The highest BCUT2D eigenvalue weighted by Crippen LogP contribution is 2.39. The highest BCUT2D eigenvalue weighted by Gasteiger charge is 2.34. The first kappa shape index (κ1) is 30.2. The molecule has 9 nitrogen and oxygen atoms in total. The van der Waals surface area contributed by atoms with Gasteiger partial charge in [-0.05, 0) is 49.9 Å². The molecule has 0 aliphatic carbocycles. The van der Waals surface area contributed by atoms with Gasteiger partial charge in [0.25, 0.3) is 0 Å². The number of hydrogen-bond donors (Lipinski definition) is 3. The van der Waals surface area contributed by atoms with Crippen molar-refractivity contribution in [2.24, 2.45) is 4.99 Å². The summed E-state index contributed by atoms with van der Waals surface area (Å²) in [6.07, 6.45) is -4.21. The molecule has 2 aromatic rings. The first-order valence-electron chi connectivity index (χ1n) is 12.1. The van der Waals surface area contributed by atoms with E-state index >= 15 is 0 Å². The van der Waals surface area contributed by atoms with Crippen LogP contribution in [0.2, 0.25) is 5.02 Å². The number of hydrogen-bond acceptors (Lipinski definition) is 7. The van der Waals surface area contributed by atoms with E-state index in [4.69, 9.17) is 31.5 Å². The maximum atomic E-state index is 13.5. The molecule has 1 saturated heterocycles. The van der Waals surface area contributed by atoms with Gasteiger partial charge in [-0.15, -0.1) is 0 Å². The summed E-state index contributed by atoms with van der Waals surface area (Å²) in [5, 5.41) is 19.5. The van der Waals surface area contributed by atoms with Crippen LogP contribution in [0.3, 0.4) is 0 Å². The Balaban J connectivity index is 0.000000459. The number of likely N-dealkylation sites (N-methyl/N-ethyl adjacent to an activating group) is 1. The van der Waals surface area contributed by atoms with E-state index in [1.54, 1.807) is 25.3 Å². The molecule has 13 heteroatoms. The number of carbonyl (C=O) groups is 2. The maximum absolute atomic E-state index is 13.5. The number of nitrogens with one attached hydrogen (secondary N) is 1. The second kappa shape index (κ2) is 13.1. The van der Waals surface area contributed by atoms with Gasteiger partial charge in [0.1, 0.15) is 5.84 Å². The molecule has 212 valence electrons. The lowest BCUT2D eigenvalue weighted by molar-refractivity contribution is -0.143. The second-order valence-corrected chi connectivity index (χ2v) is 9.57. The highest BCUT2D eigenvalue weighted by molar-refractivity contribution is 6.31. The molecular weight excluding hydrogens is 541 g/mol. The van der Waals surface area contributed by atoms with Gasteiger partial charge >= 0.3 is 18.1 Å². The van der Waals surface area contributed by atoms with Crippen molar-refractivity contribution in [2.45, 2.75) is 31.5 Å². The number of carboxylic acids is 2. The SMILES string of the molecule is COCC[C@H]1CN(C2=Nc3cc(Cl)ccc3Nc3ccc(C(F)(F)F)cc32)CCN1C.O=C(O)CCC(=O)O. The average molecular weight is 571 g/mol. The van der Waals surface area contributed by atoms with Gasteiger partial charge in [0.2, 0.25) is 0 Å². The van der Waals surface area contributed by atoms with E-state index in [1.807, 2.05) is 0 Å². The standard InChI is InChI=1S/C22H24ClF3N4O.C4H6O4/c1-29-8-9-30(13-16(29)7-10-31-2)21-17-11-14(22(24,25)26)3-5-18(17)27-19-6-4-15(23)12-20(19)28-21;5-3(6)1-2-4(7)8/h3-6,11-12,16,27H,7-10,13H2,1-2H3;1-2H2,(H,5,6)(H,7,8)/t16-;/m0./s1. The maximum Gasteiger partial charge on any atom is 0.416 e. The zero-order valence-electron chi connectivity index (χ0n) is 21.5. The van der Waals surface area contributed by atoms with Gasteiger partial charge in [-0.25, -0.2) is 4.99 Å². The number of carboxylic acid groups (broad SMARTS) is 2. The van der Waals surface area contributed by atoms with Gasteiger partial charge in [-0.3, -0.25) is 14.5 Å². The summed E-state index contributed by atoms with van der Waals surface area (Å²) in [5.41, 5.74) is 1.61. The van der Waals surface area contributed by atoms with Crippen LogP contribution in [-0.4, -0.2) is 84.2 Å². The normalized spacial score (nSPS) is 17.0. The number of piperazine rings is 1. The van der Waals surface area contributed by atoms with Crippen molar-refractivity contribution >= 4 is 46.4 Å². The van der Waals surface area contributed by atoms with E-state index in [0.29, 0.717) is 53.2 Å². The summed E-state index contributed by atoms with van der Waals surface area (Å²) in [6.45, 7) is 2.69. The van der Waals surface area contributed by atoms with E-state index in [-0.39, 0.29) is 18.9 Å². The molecule has 2 aliphatic heterocycles. The van der Waals surface area contributed by atoms with E-state index in [2.05, 4.69) is 22.2 Å². The number of amidine groups is 1. The monoisotopic (exact) mass is 570 g/mol. The number of rotatable bonds is 6. The van der Waals surface area contributed by atoms with Crippen molar-refractivity contribution in [3.05, 3.63) is 52.5 Å². The molecule has 0 radical (unpaired) electrons. The number of ether oxygens (including phenoxy) is 1. The Kier molecular flexibility index (Phi) is 10.2. The fraction of sp³-hybridized carbons (Fsp3) is 0.423. The van der Waals surface area contributed by atoms with E-state index in [0.717, 1.165) is 19.0 Å². The predicted molar refractivity (Wildman–Crippen MR) is 141 cm³/mol. The number of halogens is 4. The summed E-state index contributed by atoms with van der Waals surface area (Å²) < 4.78 is 45.7. The molecule has 2 aliphatic rings. The zero-order chi connectivity index (χ0) is 28.7. The Morgan fingerprint density at radius 3 is 2.38 bits per heavy atom. The van der Waals surface area contributed by atoms with Crippen molar-refractivity contribution in [2.75, 3.05) is 45.7 Å². The lowest BCUT2D eigenvalue weighted by atomic mass is 10.0. The third kappa shape index (κ3) is 8.32. The molecule has 1 fully saturated rings. The summed E-state index contributed by atoms with van der Waals surface area (Å²) in [5.74, 6) is -1.63. The minimum Gasteiger partial charge on any atom is -0.481 e. The minimum absolute atomic E-state index is 0.209. The minimum atomic E-state index is -4.44. The number of aliphatic imine (C=N–C) groups is 1. The number of anilines is 2. The largest absolute Gasteiger partial charge is 0.481 e. The number of aliphatic carboxylic acids is 2. The van der Waals surface area contributed by atoms with Crippen LogP contribution in [-0.2, 0) is 20.5 Å². The molecule has 1 atom stereocenters. The Hall–Kier alpha value is -3.35. The Labute approximate surface area is 228 Å². The van der Waals surface area contributed by atoms with Crippen LogP contribution < -0.4 is 5.32 Å². The van der Waals surface area contributed by atoms with Crippen molar-refractivity contribution in [1.82, 2.24) is 9.80 Å². The molecular formula is C26H30ClF3N4O5. The number of methoxy groups -OCH3 is 1. The second-order valence-electron chi connectivity index (χ2n) is 9.13. The first-order chi connectivity index (χ1) is 18.4. The van der Waals surface area contributed by atoms with Gasteiger partial charge in [-0.1, -0.05) is 11.6 Å².